The lowest BCUT2D eigenvalue weighted by Gasteiger charge is -2.01. The summed E-state index contributed by atoms with van der Waals surface area (Å²) in [4.78, 5) is 5.18. The largest absolute Gasteiger partial charge is 0.399 e. The van der Waals surface area contributed by atoms with Crippen molar-refractivity contribution < 1.29 is 4.39 Å². The summed E-state index contributed by atoms with van der Waals surface area (Å²) in [5.74, 6) is 0.458. The summed E-state index contributed by atoms with van der Waals surface area (Å²) >= 11 is 3.16. The van der Waals surface area contributed by atoms with E-state index in [9.17, 15) is 4.39 Å². The molecule has 84 valence electrons. The molecule has 0 aliphatic heterocycles. The third kappa shape index (κ3) is 2.96. The maximum atomic E-state index is 13.1. The fourth-order valence-electron chi connectivity index (χ4n) is 1.28. The molecule has 0 saturated heterocycles. The average Bonchev–Trinajstić information content (AvgIpc) is 2.60. The maximum Gasteiger partial charge on any atom is 0.126 e. The van der Waals surface area contributed by atoms with E-state index in [4.69, 9.17) is 5.73 Å². The number of nitrogen functional groups attached to an aromatic ring is 1. The molecule has 0 unspecified atom stereocenters. The molecular formula is C11H11FN2S2. The van der Waals surface area contributed by atoms with E-state index in [1.807, 2.05) is 12.3 Å². The Bertz CT molecular complexity index is 476. The number of nitrogens with zero attached hydrogens (tertiary/aromatic N) is 1. The molecule has 1 aromatic heterocycles. The van der Waals surface area contributed by atoms with Crippen molar-refractivity contribution in [2.75, 3.05) is 5.73 Å². The molecule has 1 heterocycles. The van der Waals surface area contributed by atoms with Gasteiger partial charge in [-0.05, 0) is 25.1 Å². The number of hydrogen-bond donors (Lipinski definition) is 1. The minimum atomic E-state index is -0.294. The van der Waals surface area contributed by atoms with Crippen molar-refractivity contribution in [1.29, 1.82) is 0 Å². The Morgan fingerprint density at radius 3 is 2.88 bits per heavy atom. The van der Waals surface area contributed by atoms with Crippen molar-refractivity contribution in [2.45, 2.75) is 17.6 Å². The summed E-state index contributed by atoms with van der Waals surface area (Å²) in [5.41, 5.74) is 7.05. The second-order valence-corrected chi connectivity index (χ2v) is 5.38. The molecule has 2 rings (SSSR count). The van der Waals surface area contributed by atoms with Crippen molar-refractivity contribution in [1.82, 2.24) is 4.98 Å². The first kappa shape index (κ1) is 11.4. The highest BCUT2D eigenvalue weighted by molar-refractivity contribution is 7.98. The fourth-order valence-corrected chi connectivity index (χ4v) is 3.06. The van der Waals surface area contributed by atoms with Crippen LogP contribution < -0.4 is 5.73 Å². The van der Waals surface area contributed by atoms with Gasteiger partial charge in [0.1, 0.15) is 10.8 Å². The molecule has 1 aromatic carbocycles. The molecule has 5 heteroatoms. The molecule has 0 saturated carbocycles. The monoisotopic (exact) mass is 254 g/mol. The number of thiazole rings is 1. The summed E-state index contributed by atoms with van der Waals surface area (Å²) in [7, 11) is 0. The van der Waals surface area contributed by atoms with Gasteiger partial charge in [-0.15, -0.1) is 23.1 Å². The molecule has 2 nitrogen and oxygen atoms in total. The van der Waals surface area contributed by atoms with Gasteiger partial charge in [0.05, 0.1) is 5.75 Å². The van der Waals surface area contributed by atoms with Crippen molar-refractivity contribution in [3.05, 3.63) is 40.1 Å². The molecule has 0 aliphatic carbocycles. The molecule has 0 atom stereocenters. The highest BCUT2D eigenvalue weighted by Gasteiger charge is 2.02. The summed E-state index contributed by atoms with van der Waals surface area (Å²) < 4.78 is 13.1. The number of benzene rings is 1. The number of thioether (sulfide) groups is 1. The fraction of sp³-hybridized carbons (Fsp3) is 0.182. The van der Waals surface area contributed by atoms with E-state index in [0.717, 1.165) is 21.3 Å². The predicted octanol–water partition coefficient (Wildman–Crippen LogP) is 3.47. The van der Waals surface area contributed by atoms with Crippen LogP contribution >= 0.6 is 23.1 Å². The summed E-state index contributed by atoms with van der Waals surface area (Å²) in [6.07, 6.45) is 0. The molecule has 0 radical (unpaired) electrons. The summed E-state index contributed by atoms with van der Waals surface area (Å²) in [5, 5.41) is 3.06. The van der Waals surface area contributed by atoms with E-state index in [2.05, 4.69) is 4.98 Å². The zero-order valence-corrected chi connectivity index (χ0v) is 10.4. The van der Waals surface area contributed by atoms with Crippen molar-refractivity contribution in [2.24, 2.45) is 0 Å². The Labute approximate surface area is 102 Å². The average molecular weight is 254 g/mol. The van der Waals surface area contributed by atoms with E-state index in [1.54, 1.807) is 29.2 Å². The molecule has 2 aromatic rings. The van der Waals surface area contributed by atoms with Gasteiger partial charge in [-0.3, -0.25) is 0 Å². The van der Waals surface area contributed by atoms with Crippen LogP contribution in [0.5, 0.6) is 0 Å². The molecule has 0 fully saturated rings. The maximum absolute atomic E-state index is 13.1. The lowest BCUT2D eigenvalue weighted by molar-refractivity contribution is 0.625. The quantitative estimate of drug-likeness (QED) is 0.673. The predicted molar refractivity (Wildman–Crippen MR) is 67.2 cm³/mol. The first-order valence-corrected chi connectivity index (χ1v) is 6.60. The highest BCUT2D eigenvalue weighted by Crippen LogP contribution is 2.26. The first-order valence-electron chi connectivity index (χ1n) is 4.73. The molecule has 2 N–H and O–H groups in total. The smallest absolute Gasteiger partial charge is 0.126 e. The SMILES string of the molecule is Cc1csc(CSc2cc(N)cc(F)c2)n1. The van der Waals surface area contributed by atoms with Gasteiger partial charge in [-0.25, -0.2) is 9.37 Å². The van der Waals surface area contributed by atoms with Crippen LogP contribution in [0.1, 0.15) is 10.7 Å². The van der Waals surface area contributed by atoms with E-state index < -0.39 is 0 Å². The number of hydrogen-bond acceptors (Lipinski definition) is 4. The normalized spacial score (nSPS) is 10.6. The molecule has 16 heavy (non-hydrogen) atoms. The molecular weight excluding hydrogens is 243 g/mol. The topological polar surface area (TPSA) is 38.9 Å². The van der Waals surface area contributed by atoms with E-state index >= 15 is 0 Å². The van der Waals surface area contributed by atoms with Crippen LogP contribution in [0.4, 0.5) is 10.1 Å². The van der Waals surface area contributed by atoms with Gasteiger partial charge in [0.15, 0.2) is 0 Å². The lowest BCUT2D eigenvalue weighted by Crippen LogP contribution is -1.87. The number of halogens is 1. The Balaban J connectivity index is 2.04. The third-order valence-electron chi connectivity index (χ3n) is 1.92. The summed E-state index contributed by atoms with van der Waals surface area (Å²) in [6.45, 7) is 1.96. The van der Waals surface area contributed by atoms with Crippen molar-refractivity contribution in [3.63, 3.8) is 0 Å². The van der Waals surface area contributed by atoms with Crippen LogP contribution in [0.25, 0.3) is 0 Å². The Morgan fingerprint density at radius 1 is 1.44 bits per heavy atom. The van der Waals surface area contributed by atoms with Crippen LogP contribution in [-0.4, -0.2) is 4.98 Å². The van der Waals surface area contributed by atoms with Gasteiger partial charge < -0.3 is 5.73 Å². The highest BCUT2D eigenvalue weighted by atomic mass is 32.2. The van der Waals surface area contributed by atoms with Crippen molar-refractivity contribution >= 4 is 28.8 Å². The van der Waals surface area contributed by atoms with Gasteiger partial charge >= 0.3 is 0 Å². The second kappa shape index (κ2) is 4.84. The van der Waals surface area contributed by atoms with Crippen LogP contribution in [0, 0.1) is 12.7 Å². The van der Waals surface area contributed by atoms with E-state index in [1.165, 1.54) is 12.1 Å². The van der Waals surface area contributed by atoms with E-state index in [0.29, 0.717) is 5.69 Å². The van der Waals surface area contributed by atoms with Crippen LogP contribution in [-0.2, 0) is 5.75 Å². The summed E-state index contributed by atoms with van der Waals surface area (Å²) in [6, 6.07) is 4.58. The molecule has 0 spiro atoms. The Hall–Kier alpha value is -1.07. The van der Waals surface area contributed by atoms with Crippen LogP contribution in [0.3, 0.4) is 0 Å². The number of rotatable bonds is 3. The Morgan fingerprint density at radius 2 is 2.25 bits per heavy atom. The number of anilines is 1. The van der Waals surface area contributed by atoms with Gasteiger partial charge in [0.2, 0.25) is 0 Å². The first-order chi connectivity index (χ1) is 7.63. The van der Waals surface area contributed by atoms with E-state index in [-0.39, 0.29) is 5.82 Å². The number of nitrogens with two attached hydrogens (primary N) is 1. The molecule has 0 bridgehead atoms. The molecule has 0 amide bonds. The second-order valence-electron chi connectivity index (χ2n) is 3.39. The minimum absolute atomic E-state index is 0.294. The van der Waals surface area contributed by atoms with Gasteiger partial charge in [0.25, 0.3) is 0 Å². The van der Waals surface area contributed by atoms with Crippen LogP contribution in [0.15, 0.2) is 28.5 Å². The lowest BCUT2D eigenvalue weighted by atomic mass is 10.3. The van der Waals surface area contributed by atoms with Gasteiger partial charge in [-0.1, -0.05) is 0 Å². The molecule has 0 aliphatic rings. The number of aromatic nitrogens is 1. The standard InChI is InChI=1S/C11H11FN2S2/c1-7-5-16-11(14-7)6-15-10-3-8(12)2-9(13)4-10/h2-5H,6,13H2,1H3. The van der Waals surface area contributed by atoms with Gasteiger partial charge in [0, 0.05) is 21.7 Å². The van der Waals surface area contributed by atoms with Crippen LogP contribution in [0.2, 0.25) is 0 Å². The van der Waals surface area contributed by atoms with Gasteiger partial charge in [-0.2, -0.15) is 0 Å². The minimum Gasteiger partial charge on any atom is -0.399 e. The van der Waals surface area contributed by atoms with Crippen molar-refractivity contribution in [3.8, 4) is 0 Å². The Kier molecular flexibility index (Phi) is 3.46. The zero-order valence-electron chi connectivity index (χ0n) is 8.74. The number of aryl methyl sites for hydroxylation is 1. The third-order valence-corrected chi connectivity index (χ3v) is 4.06. The zero-order chi connectivity index (χ0) is 11.5.